The second-order valence-corrected chi connectivity index (χ2v) is 9.45. The van der Waals surface area contributed by atoms with Crippen molar-refractivity contribution in [3.63, 3.8) is 0 Å². The zero-order chi connectivity index (χ0) is 20.8. The van der Waals surface area contributed by atoms with E-state index in [2.05, 4.69) is 12.2 Å². The number of aliphatic hydroxyl groups is 2. The van der Waals surface area contributed by atoms with Gasteiger partial charge in [0, 0.05) is 25.4 Å². The molecule has 0 heterocycles. The Kier molecular flexibility index (Phi) is 8.37. The monoisotopic (exact) mass is 403 g/mol. The first-order valence-corrected chi connectivity index (χ1v) is 12.0. The van der Waals surface area contributed by atoms with Gasteiger partial charge in [0.15, 0.2) is 0 Å². The number of amides is 1. The molecule has 3 saturated carbocycles. The van der Waals surface area contributed by atoms with Crippen LogP contribution in [0.1, 0.15) is 78.1 Å². The first kappa shape index (κ1) is 22.6. The lowest BCUT2D eigenvalue weighted by Crippen LogP contribution is -2.30. The number of fused-ring (bicyclic) bond motifs is 1. The van der Waals surface area contributed by atoms with Crippen molar-refractivity contribution in [3.05, 3.63) is 23.8 Å². The number of carbonyl (C=O) groups excluding carboxylic acids is 1. The van der Waals surface area contributed by atoms with Crippen LogP contribution in [0.3, 0.4) is 0 Å². The van der Waals surface area contributed by atoms with Crippen LogP contribution in [-0.4, -0.2) is 46.3 Å². The van der Waals surface area contributed by atoms with E-state index in [1.165, 1.54) is 18.4 Å². The van der Waals surface area contributed by atoms with E-state index in [0.29, 0.717) is 24.2 Å². The van der Waals surface area contributed by atoms with Gasteiger partial charge in [-0.15, -0.1) is 0 Å². The summed E-state index contributed by atoms with van der Waals surface area (Å²) < 4.78 is 0. The van der Waals surface area contributed by atoms with Crippen molar-refractivity contribution in [2.24, 2.45) is 23.7 Å². The lowest BCUT2D eigenvalue weighted by atomic mass is 9.89. The van der Waals surface area contributed by atoms with Crippen molar-refractivity contribution < 1.29 is 15.0 Å². The third-order valence-corrected chi connectivity index (χ3v) is 7.67. The molecule has 0 unspecified atom stereocenters. The minimum atomic E-state index is -0.344. The molecular formula is C25H41NO3. The minimum Gasteiger partial charge on any atom is -0.392 e. The zero-order valence-corrected chi connectivity index (χ0v) is 18.4. The maximum absolute atomic E-state index is 12.1. The summed E-state index contributed by atoms with van der Waals surface area (Å²) in [4.78, 5) is 14.0. The molecule has 0 saturated heterocycles. The van der Waals surface area contributed by atoms with E-state index in [-0.39, 0.29) is 24.0 Å². The molecule has 0 spiro atoms. The summed E-state index contributed by atoms with van der Waals surface area (Å²) in [6.45, 7) is 5.67. The molecule has 3 aliphatic carbocycles. The standard InChI is InChI=1S/C25H41NO3/c1-3-26(4-2)25(29)12-8-5-9-18-15-20-17-24(28)21(22(20)16-18)13-14-23(27)19-10-6-7-11-19/h9,13-14,19-24,27-28H,3-8,10-12,15-17H2,1-2H3/t20-,21+,22-,23+,24+/m0/s1. The smallest absolute Gasteiger partial charge is 0.222 e. The van der Waals surface area contributed by atoms with Crippen LogP contribution in [0.2, 0.25) is 0 Å². The van der Waals surface area contributed by atoms with E-state index in [1.54, 1.807) is 0 Å². The summed E-state index contributed by atoms with van der Waals surface area (Å²) in [7, 11) is 0. The summed E-state index contributed by atoms with van der Waals surface area (Å²) in [5.41, 5.74) is 1.51. The van der Waals surface area contributed by atoms with Crippen LogP contribution in [0.25, 0.3) is 0 Å². The van der Waals surface area contributed by atoms with Crippen molar-refractivity contribution in [3.8, 4) is 0 Å². The van der Waals surface area contributed by atoms with Gasteiger partial charge in [-0.1, -0.05) is 36.6 Å². The maximum atomic E-state index is 12.1. The predicted molar refractivity (Wildman–Crippen MR) is 117 cm³/mol. The van der Waals surface area contributed by atoms with Gasteiger partial charge in [0.05, 0.1) is 12.2 Å². The Morgan fingerprint density at radius 1 is 1.21 bits per heavy atom. The molecule has 4 heteroatoms. The molecule has 0 radical (unpaired) electrons. The Labute approximate surface area is 177 Å². The fraction of sp³-hybridized carbons (Fsp3) is 0.800. The maximum Gasteiger partial charge on any atom is 0.222 e. The summed E-state index contributed by atoms with van der Waals surface area (Å²) in [5, 5.41) is 21.0. The molecule has 3 fully saturated rings. The van der Waals surface area contributed by atoms with Gasteiger partial charge in [-0.3, -0.25) is 4.79 Å². The highest BCUT2D eigenvalue weighted by Crippen LogP contribution is 2.50. The van der Waals surface area contributed by atoms with Crippen molar-refractivity contribution in [2.75, 3.05) is 13.1 Å². The van der Waals surface area contributed by atoms with Gasteiger partial charge >= 0.3 is 0 Å². The highest BCUT2D eigenvalue weighted by atomic mass is 16.3. The van der Waals surface area contributed by atoms with E-state index < -0.39 is 0 Å². The van der Waals surface area contributed by atoms with Crippen LogP contribution < -0.4 is 0 Å². The van der Waals surface area contributed by atoms with Gasteiger partial charge < -0.3 is 15.1 Å². The van der Waals surface area contributed by atoms with Gasteiger partial charge in [0.25, 0.3) is 0 Å². The lowest BCUT2D eigenvalue weighted by molar-refractivity contribution is -0.130. The number of carbonyl (C=O) groups is 1. The molecule has 0 aliphatic heterocycles. The first-order chi connectivity index (χ1) is 14.0. The molecule has 3 aliphatic rings. The molecule has 5 atom stereocenters. The van der Waals surface area contributed by atoms with Crippen LogP contribution >= 0.6 is 0 Å². The molecule has 3 rings (SSSR count). The van der Waals surface area contributed by atoms with Crippen LogP contribution in [0.15, 0.2) is 23.8 Å². The Morgan fingerprint density at radius 2 is 1.93 bits per heavy atom. The fourth-order valence-corrected chi connectivity index (χ4v) is 5.93. The number of allylic oxidation sites excluding steroid dienone is 2. The Morgan fingerprint density at radius 3 is 2.62 bits per heavy atom. The molecule has 0 aromatic carbocycles. The van der Waals surface area contributed by atoms with E-state index in [4.69, 9.17) is 0 Å². The van der Waals surface area contributed by atoms with Gasteiger partial charge in [-0.25, -0.2) is 0 Å². The van der Waals surface area contributed by atoms with Crippen LogP contribution in [0, 0.1) is 23.7 Å². The third-order valence-electron chi connectivity index (χ3n) is 7.67. The summed E-state index contributed by atoms with van der Waals surface area (Å²) in [6, 6.07) is 0. The van der Waals surface area contributed by atoms with Crippen molar-refractivity contribution in [1.29, 1.82) is 0 Å². The topological polar surface area (TPSA) is 60.8 Å². The second kappa shape index (κ2) is 10.8. The number of hydrogen-bond acceptors (Lipinski definition) is 3. The first-order valence-electron chi connectivity index (χ1n) is 12.0. The van der Waals surface area contributed by atoms with E-state index in [9.17, 15) is 15.0 Å². The molecule has 164 valence electrons. The quantitative estimate of drug-likeness (QED) is 0.441. The molecular weight excluding hydrogens is 362 g/mol. The minimum absolute atomic E-state index is 0.186. The van der Waals surface area contributed by atoms with Crippen LogP contribution in [0.5, 0.6) is 0 Å². The average molecular weight is 404 g/mol. The van der Waals surface area contributed by atoms with Crippen LogP contribution in [0.4, 0.5) is 0 Å². The number of hydrogen-bond donors (Lipinski definition) is 2. The third kappa shape index (κ3) is 5.73. The second-order valence-electron chi connectivity index (χ2n) is 9.45. The molecule has 0 aromatic heterocycles. The highest BCUT2D eigenvalue weighted by Gasteiger charge is 2.45. The highest BCUT2D eigenvalue weighted by molar-refractivity contribution is 5.76. The lowest BCUT2D eigenvalue weighted by Gasteiger charge is -2.19. The van der Waals surface area contributed by atoms with Gasteiger partial charge in [0.2, 0.25) is 5.91 Å². The summed E-state index contributed by atoms with van der Waals surface area (Å²) in [5.74, 6) is 1.96. The van der Waals surface area contributed by atoms with E-state index >= 15 is 0 Å². The van der Waals surface area contributed by atoms with Crippen LogP contribution in [-0.2, 0) is 4.79 Å². The molecule has 4 nitrogen and oxygen atoms in total. The van der Waals surface area contributed by atoms with Gasteiger partial charge in [0.1, 0.15) is 0 Å². The van der Waals surface area contributed by atoms with E-state index in [0.717, 1.165) is 58.0 Å². The molecule has 1 amide bonds. The van der Waals surface area contributed by atoms with Crippen molar-refractivity contribution in [1.82, 2.24) is 4.90 Å². The SMILES string of the molecule is CCN(CC)C(=O)CCCC=C1C[C@H]2C[C@@H](O)[C@H](C=C[C@@H](O)C3CCCC3)[C@H]2C1. The predicted octanol–water partition coefficient (Wildman–Crippen LogP) is 4.47. The Hall–Kier alpha value is -1.13. The number of aliphatic hydroxyl groups excluding tert-OH is 2. The molecule has 0 aromatic rings. The van der Waals surface area contributed by atoms with Gasteiger partial charge in [-0.2, -0.15) is 0 Å². The van der Waals surface area contributed by atoms with Crippen molar-refractivity contribution in [2.45, 2.75) is 90.3 Å². The van der Waals surface area contributed by atoms with Crippen molar-refractivity contribution >= 4 is 5.91 Å². The summed E-state index contributed by atoms with van der Waals surface area (Å²) >= 11 is 0. The normalized spacial score (nSPS) is 32.3. The number of nitrogens with zero attached hydrogens (tertiary/aromatic N) is 1. The Bertz CT molecular complexity index is 589. The molecule has 29 heavy (non-hydrogen) atoms. The Balaban J connectivity index is 1.47. The fourth-order valence-electron chi connectivity index (χ4n) is 5.93. The molecule has 2 N–H and O–H groups in total. The molecule has 0 bridgehead atoms. The average Bonchev–Trinajstić information content (AvgIpc) is 3.42. The number of unbranched alkanes of at least 4 members (excludes halogenated alkanes) is 1. The largest absolute Gasteiger partial charge is 0.392 e. The zero-order valence-electron chi connectivity index (χ0n) is 18.4. The number of rotatable bonds is 9. The summed E-state index contributed by atoms with van der Waals surface area (Å²) in [6.07, 6.45) is 16.2. The van der Waals surface area contributed by atoms with E-state index in [1.807, 2.05) is 24.8 Å². The van der Waals surface area contributed by atoms with Gasteiger partial charge in [-0.05, 0) is 76.5 Å².